The number of alkyl halides is 2. The minimum Gasteiger partial charge on any atom is -0.508 e. The van der Waals surface area contributed by atoms with E-state index in [1.54, 1.807) is 19.1 Å². The lowest BCUT2D eigenvalue weighted by Gasteiger charge is -2.37. The number of hydrogen-bond donors (Lipinski definition) is 2. The molecule has 0 unspecified atom stereocenters. The van der Waals surface area contributed by atoms with Gasteiger partial charge in [0.2, 0.25) is 5.92 Å². The molecule has 0 atom stereocenters. The van der Waals surface area contributed by atoms with Crippen molar-refractivity contribution < 1.29 is 23.8 Å². The molecule has 0 saturated heterocycles. The van der Waals surface area contributed by atoms with Gasteiger partial charge in [-0.25, -0.2) is 8.78 Å². The third-order valence-corrected chi connectivity index (χ3v) is 4.01. The molecule has 5 heteroatoms. The molecule has 0 aliphatic heterocycles. The highest BCUT2D eigenvalue weighted by Crippen LogP contribution is 2.46. The Hall–Kier alpha value is -1.65. The number of phenolic OH excluding ortho intramolecular Hbond substituents is 1. The molecule has 2 rings (SSSR count). The van der Waals surface area contributed by atoms with Crippen LogP contribution in [0.3, 0.4) is 0 Å². The van der Waals surface area contributed by atoms with Crippen molar-refractivity contribution in [3.8, 4) is 5.75 Å². The van der Waals surface area contributed by atoms with Crippen LogP contribution in [0.25, 0.3) is 0 Å². The largest absolute Gasteiger partial charge is 0.508 e. The number of benzene rings is 1. The number of rotatable bonds is 2. The molecule has 1 saturated carbocycles. The topological polar surface area (TPSA) is 57.5 Å². The first kappa shape index (κ1) is 13.8. The van der Waals surface area contributed by atoms with Gasteiger partial charge in [0.25, 0.3) is 0 Å². The molecule has 0 spiro atoms. The van der Waals surface area contributed by atoms with Gasteiger partial charge in [-0.3, -0.25) is 4.79 Å². The number of hydrogen-bond acceptors (Lipinski definition) is 2. The molecule has 1 fully saturated rings. The van der Waals surface area contributed by atoms with E-state index in [9.17, 15) is 23.8 Å². The van der Waals surface area contributed by atoms with Crippen LogP contribution in [0, 0.1) is 6.92 Å². The lowest BCUT2D eigenvalue weighted by molar-refractivity contribution is -0.149. The van der Waals surface area contributed by atoms with Crippen LogP contribution in [0.5, 0.6) is 5.75 Å². The SMILES string of the molecule is Cc1ccc(C2(C(=O)O)CCC(F)(F)CC2)cc1O. The molecule has 0 radical (unpaired) electrons. The van der Waals surface area contributed by atoms with Crippen LogP contribution in [-0.4, -0.2) is 22.1 Å². The van der Waals surface area contributed by atoms with Gasteiger partial charge in [0.1, 0.15) is 5.75 Å². The van der Waals surface area contributed by atoms with Crippen molar-refractivity contribution in [1.29, 1.82) is 0 Å². The maximum Gasteiger partial charge on any atom is 0.314 e. The molecule has 1 aromatic carbocycles. The molecule has 0 bridgehead atoms. The Bertz CT molecular complexity index is 501. The average Bonchev–Trinajstić information content (AvgIpc) is 2.33. The Morgan fingerprint density at radius 1 is 1.21 bits per heavy atom. The molecule has 0 heterocycles. The van der Waals surface area contributed by atoms with Gasteiger partial charge in [-0.05, 0) is 37.0 Å². The minimum atomic E-state index is -2.79. The summed E-state index contributed by atoms with van der Waals surface area (Å²) in [6, 6.07) is 4.60. The summed E-state index contributed by atoms with van der Waals surface area (Å²) in [6.07, 6.45) is -1.10. The first-order chi connectivity index (χ1) is 8.77. The molecule has 2 N–H and O–H groups in total. The summed E-state index contributed by atoms with van der Waals surface area (Å²) in [7, 11) is 0. The summed E-state index contributed by atoms with van der Waals surface area (Å²) in [5, 5.41) is 19.1. The number of aliphatic carboxylic acids is 1. The number of aromatic hydroxyl groups is 1. The van der Waals surface area contributed by atoms with Crippen LogP contribution in [0.2, 0.25) is 0 Å². The van der Waals surface area contributed by atoms with Crippen molar-refractivity contribution in [3.63, 3.8) is 0 Å². The summed E-state index contributed by atoms with van der Waals surface area (Å²) >= 11 is 0. The smallest absolute Gasteiger partial charge is 0.314 e. The Morgan fingerprint density at radius 3 is 2.26 bits per heavy atom. The van der Waals surface area contributed by atoms with Gasteiger partial charge in [-0.1, -0.05) is 12.1 Å². The second kappa shape index (κ2) is 4.47. The molecule has 0 amide bonds. The molecule has 1 aliphatic rings. The predicted octanol–water partition coefficient (Wildman–Crippen LogP) is 3.23. The fraction of sp³-hybridized carbons (Fsp3) is 0.500. The van der Waals surface area contributed by atoms with Crippen molar-refractivity contribution in [2.24, 2.45) is 0 Å². The standard InChI is InChI=1S/C14H16F2O3/c1-9-2-3-10(8-11(9)17)13(12(18)19)4-6-14(15,16)7-5-13/h2-3,8,17H,4-7H2,1H3,(H,18,19). The molecule has 104 valence electrons. The van der Waals surface area contributed by atoms with Crippen molar-refractivity contribution in [1.82, 2.24) is 0 Å². The number of phenols is 1. The van der Waals surface area contributed by atoms with Gasteiger partial charge < -0.3 is 10.2 Å². The fourth-order valence-electron chi connectivity index (χ4n) is 2.58. The van der Waals surface area contributed by atoms with Crippen LogP contribution in [0.1, 0.15) is 36.8 Å². The maximum atomic E-state index is 13.2. The number of halogens is 2. The molecule has 0 aromatic heterocycles. The molecular formula is C14H16F2O3. The van der Waals surface area contributed by atoms with Gasteiger partial charge in [0.15, 0.2) is 0 Å². The molecule has 3 nitrogen and oxygen atoms in total. The zero-order valence-corrected chi connectivity index (χ0v) is 10.6. The molecule has 19 heavy (non-hydrogen) atoms. The zero-order valence-electron chi connectivity index (χ0n) is 10.6. The Kier molecular flexibility index (Phi) is 3.24. The van der Waals surface area contributed by atoms with Gasteiger partial charge in [-0.15, -0.1) is 0 Å². The Morgan fingerprint density at radius 2 is 1.79 bits per heavy atom. The zero-order chi connectivity index (χ0) is 14.3. The van der Waals surface area contributed by atoms with E-state index < -0.39 is 30.1 Å². The molecule has 1 aliphatic carbocycles. The fourth-order valence-corrected chi connectivity index (χ4v) is 2.58. The van der Waals surface area contributed by atoms with Gasteiger partial charge >= 0.3 is 5.97 Å². The predicted molar refractivity (Wildman–Crippen MR) is 65.6 cm³/mol. The third-order valence-electron chi connectivity index (χ3n) is 4.01. The Balaban J connectivity index is 2.41. The van der Waals surface area contributed by atoms with Crippen LogP contribution in [0.15, 0.2) is 18.2 Å². The molecule has 1 aromatic rings. The second-order valence-corrected chi connectivity index (χ2v) is 5.24. The third kappa shape index (κ3) is 2.41. The van der Waals surface area contributed by atoms with Crippen LogP contribution in [0.4, 0.5) is 8.78 Å². The van der Waals surface area contributed by atoms with Gasteiger partial charge in [-0.2, -0.15) is 0 Å². The van der Waals surface area contributed by atoms with Crippen molar-refractivity contribution in [2.45, 2.75) is 43.9 Å². The first-order valence-electron chi connectivity index (χ1n) is 6.18. The number of aryl methyl sites for hydroxylation is 1. The highest BCUT2D eigenvalue weighted by molar-refractivity contribution is 5.81. The minimum absolute atomic E-state index is 0.00420. The second-order valence-electron chi connectivity index (χ2n) is 5.24. The molecular weight excluding hydrogens is 254 g/mol. The Labute approximate surface area is 109 Å². The summed E-state index contributed by atoms with van der Waals surface area (Å²) in [6.45, 7) is 1.70. The lowest BCUT2D eigenvalue weighted by Crippen LogP contribution is -2.42. The first-order valence-corrected chi connectivity index (χ1v) is 6.18. The van der Waals surface area contributed by atoms with E-state index in [1.165, 1.54) is 6.07 Å². The summed E-state index contributed by atoms with van der Waals surface area (Å²) in [5.74, 6) is -3.90. The van der Waals surface area contributed by atoms with E-state index in [0.29, 0.717) is 11.1 Å². The number of carboxylic acids is 1. The van der Waals surface area contributed by atoms with Crippen LogP contribution < -0.4 is 0 Å². The van der Waals surface area contributed by atoms with E-state index in [2.05, 4.69) is 0 Å². The summed E-state index contributed by atoms with van der Waals surface area (Å²) in [5.41, 5.74) is -0.281. The number of carbonyl (C=O) groups is 1. The van der Waals surface area contributed by atoms with Crippen LogP contribution >= 0.6 is 0 Å². The van der Waals surface area contributed by atoms with E-state index in [4.69, 9.17) is 0 Å². The highest BCUT2D eigenvalue weighted by Gasteiger charge is 2.49. The lowest BCUT2D eigenvalue weighted by atomic mass is 9.68. The van der Waals surface area contributed by atoms with Crippen molar-refractivity contribution in [3.05, 3.63) is 29.3 Å². The van der Waals surface area contributed by atoms with E-state index in [1.807, 2.05) is 0 Å². The average molecular weight is 270 g/mol. The maximum absolute atomic E-state index is 13.2. The normalized spacial score (nSPS) is 21.0. The van der Waals surface area contributed by atoms with E-state index in [-0.39, 0.29) is 18.6 Å². The number of carboxylic acid groups (broad SMARTS) is 1. The quantitative estimate of drug-likeness (QED) is 0.867. The van der Waals surface area contributed by atoms with Gasteiger partial charge in [0.05, 0.1) is 5.41 Å². The summed E-state index contributed by atoms with van der Waals surface area (Å²) in [4.78, 5) is 11.6. The van der Waals surface area contributed by atoms with Crippen LogP contribution in [-0.2, 0) is 10.2 Å². The van der Waals surface area contributed by atoms with Gasteiger partial charge in [0, 0.05) is 12.8 Å². The van der Waals surface area contributed by atoms with E-state index >= 15 is 0 Å². The summed E-state index contributed by atoms with van der Waals surface area (Å²) < 4.78 is 26.5. The van der Waals surface area contributed by atoms with Crippen molar-refractivity contribution in [2.75, 3.05) is 0 Å². The highest BCUT2D eigenvalue weighted by atomic mass is 19.3. The monoisotopic (exact) mass is 270 g/mol. The van der Waals surface area contributed by atoms with Crippen molar-refractivity contribution >= 4 is 5.97 Å². The van der Waals surface area contributed by atoms with E-state index in [0.717, 1.165) is 0 Å².